The number of urea groups is 2. The van der Waals surface area contributed by atoms with Crippen LogP contribution in [0.1, 0.15) is 25.5 Å². The lowest BCUT2D eigenvalue weighted by Gasteiger charge is -2.26. The number of hydrogen-bond donors (Lipinski definition) is 3. The Hall–Kier alpha value is -5.47. The highest BCUT2D eigenvalue weighted by Gasteiger charge is 2.19. The monoisotopic (exact) mass is 683 g/mol. The van der Waals surface area contributed by atoms with E-state index in [0.29, 0.717) is 60.8 Å². The number of anilines is 3. The van der Waals surface area contributed by atoms with E-state index in [-0.39, 0.29) is 10.9 Å². The number of morpholine rings is 1. The Morgan fingerprint density at radius 1 is 0.918 bits per heavy atom. The van der Waals surface area contributed by atoms with Gasteiger partial charge >= 0.3 is 12.1 Å². The second kappa shape index (κ2) is 14.7. The molecule has 4 amide bonds. The molecule has 14 heteroatoms. The van der Waals surface area contributed by atoms with E-state index in [2.05, 4.69) is 27.9 Å². The summed E-state index contributed by atoms with van der Waals surface area (Å²) in [5.74, 6) is 1.83. The van der Waals surface area contributed by atoms with Gasteiger partial charge in [0.15, 0.2) is 9.84 Å². The second-order valence-electron chi connectivity index (χ2n) is 11.5. The first-order valence-electron chi connectivity index (χ1n) is 15.9. The molecule has 0 atom stereocenters. The molecule has 1 saturated heterocycles. The molecule has 1 aliphatic rings. The van der Waals surface area contributed by atoms with Crippen molar-refractivity contribution < 1.29 is 27.5 Å². The molecule has 49 heavy (non-hydrogen) atoms. The summed E-state index contributed by atoms with van der Waals surface area (Å²) in [6.45, 7) is 4.11. The van der Waals surface area contributed by atoms with Gasteiger partial charge in [0.2, 0.25) is 0 Å². The van der Waals surface area contributed by atoms with Gasteiger partial charge in [0, 0.05) is 48.4 Å². The van der Waals surface area contributed by atoms with Crippen LogP contribution in [0.15, 0.2) is 90.0 Å². The predicted molar refractivity (Wildman–Crippen MR) is 188 cm³/mol. The van der Waals surface area contributed by atoms with Gasteiger partial charge in [0.1, 0.15) is 23.1 Å². The normalized spacial score (nSPS) is 13.2. The number of aryl methyl sites for hydroxylation is 1. The molecular formula is C35H37N7O6S. The lowest BCUT2D eigenvalue weighted by atomic mass is 10.1. The smallest absolute Gasteiger partial charge is 0.324 e. The second-order valence-corrected chi connectivity index (χ2v) is 13.6. The number of ether oxygens (including phenoxy) is 2. The summed E-state index contributed by atoms with van der Waals surface area (Å²) in [6, 6.07) is 21.8. The zero-order chi connectivity index (χ0) is 34.4. The van der Waals surface area contributed by atoms with Crippen molar-refractivity contribution >= 4 is 50.0 Å². The number of rotatable bonds is 10. The van der Waals surface area contributed by atoms with Gasteiger partial charge in [0.25, 0.3) is 0 Å². The standard InChI is InChI=1S/C35H37N7O6S/c1-3-4-7-24-22-33(42(40-24)25-10-12-27(13-11-25)49(2,45)46)39-34(43)37-30-14-15-31(29-9-6-5-8-28(29)30)48-26-16-17-36-32(23-26)38-35(44)41-18-20-47-21-19-41/h5-6,8-17,22-23H,3-4,7,18-21H2,1-2H3,(H,36,38,44)(H2,37,39,43). The maximum atomic E-state index is 13.4. The van der Waals surface area contributed by atoms with Crippen LogP contribution in [0.25, 0.3) is 16.5 Å². The van der Waals surface area contributed by atoms with Crippen LogP contribution in [0.3, 0.4) is 0 Å². The number of carbonyl (C=O) groups is 2. The molecule has 2 aromatic heterocycles. The summed E-state index contributed by atoms with van der Waals surface area (Å²) >= 11 is 0. The molecule has 1 fully saturated rings. The molecule has 0 unspecified atom stereocenters. The van der Waals surface area contributed by atoms with Crippen molar-refractivity contribution in [2.75, 3.05) is 48.5 Å². The third-order valence-electron chi connectivity index (χ3n) is 7.92. The highest BCUT2D eigenvalue weighted by molar-refractivity contribution is 7.90. The van der Waals surface area contributed by atoms with Crippen LogP contribution in [-0.4, -0.2) is 72.7 Å². The zero-order valence-corrected chi connectivity index (χ0v) is 28.0. The molecule has 0 bridgehead atoms. The first-order chi connectivity index (χ1) is 23.7. The summed E-state index contributed by atoms with van der Waals surface area (Å²) in [5, 5.41) is 14.9. The van der Waals surface area contributed by atoms with E-state index in [1.54, 1.807) is 52.2 Å². The van der Waals surface area contributed by atoms with Crippen LogP contribution in [0.2, 0.25) is 0 Å². The molecule has 0 spiro atoms. The minimum absolute atomic E-state index is 0.195. The molecule has 0 saturated carbocycles. The zero-order valence-electron chi connectivity index (χ0n) is 27.2. The third kappa shape index (κ3) is 8.16. The van der Waals surface area contributed by atoms with Crippen molar-refractivity contribution in [3.8, 4) is 17.2 Å². The van der Waals surface area contributed by atoms with Gasteiger partial charge in [-0.2, -0.15) is 5.10 Å². The molecule has 0 radical (unpaired) electrons. The van der Waals surface area contributed by atoms with E-state index in [0.717, 1.165) is 42.0 Å². The summed E-state index contributed by atoms with van der Waals surface area (Å²) in [7, 11) is -3.36. The minimum atomic E-state index is -3.36. The molecule has 13 nitrogen and oxygen atoms in total. The van der Waals surface area contributed by atoms with Crippen LogP contribution < -0.4 is 20.7 Å². The number of aromatic nitrogens is 3. The molecule has 6 rings (SSSR count). The summed E-state index contributed by atoms with van der Waals surface area (Å²) in [4.78, 5) is 32.2. The number of amides is 4. The molecule has 254 valence electrons. The Balaban J connectivity index is 1.19. The maximum Gasteiger partial charge on any atom is 0.324 e. The average molecular weight is 684 g/mol. The van der Waals surface area contributed by atoms with Gasteiger partial charge in [-0.25, -0.2) is 27.7 Å². The van der Waals surface area contributed by atoms with E-state index in [1.807, 2.05) is 30.3 Å². The first kappa shape index (κ1) is 33.4. The fourth-order valence-corrected chi connectivity index (χ4v) is 6.03. The SMILES string of the molecule is CCCCc1cc(NC(=O)Nc2ccc(Oc3ccnc(NC(=O)N4CCOCC4)c3)c3ccccc23)n(-c2ccc(S(C)(=O)=O)cc2)n1. The lowest BCUT2D eigenvalue weighted by Crippen LogP contribution is -2.43. The topological polar surface area (TPSA) is 157 Å². The van der Waals surface area contributed by atoms with E-state index in [1.165, 1.54) is 12.1 Å². The van der Waals surface area contributed by atoms with Gasteiger partial charge < -0.3 is 19.7 Å². The molecule has 0 aliphatic carbocycles. The Labute approximate surface area is 284 Å². The summed E-state index contributed by atoms with van der Waals surface area (Å²) in [6.07, 6.45) is 5.36. The van der Waals surface area contributed by atoms with Gasteiger partial charge in [0.05, 0.1) is 35.2 Å². The number of benzene rings is 3. The fraction of sp³-hybridized carbons (Fsp3) is 0.257. The van der Waals surface area contributed by atoms with Crippen LogP contribution >= 0.6 is 0 Å². The number of hydrogen-bond acceptors (Lipinski definition) is 8. The van der Waals surface area contributed by atoms with Crippen LogP contribution in [0.4, 0.5) is 26.9 Å². The number of fused-ring (bicyclic) bond motifs is 1. The maximum absolute atomic E-state index is 13.4. The number of nitrogens with one attached hydrogen (secondary N) is 3. The average Bonchev–Trinajstić information content (AvgIpc) is 3.50. The lowest BCUT2D eigenvalue weighted by molar-refractivity contribution is 0.0564. The van der Waals surface area contributed by atoms with Crippen LogP contribution in [0.5, 0.6) is 11.5 Å². The summed E-state index contributed by atoms with van der Waals surface area (Å²) in [5.41, 5.74) is 1.97. The van der Waals surface area contributed by atoms with Crippen molar-refractivity contribution in [1.29, 1.82) is 0 Å². The molecule has 3 aromatic carbocycles. The fourth-order valence-electron chi connectivity index (χ4n) is 5.39. The van der Waals surface area contributed by atoms with Gasteiger partial charge in [-0.3, -0.25) is 10.6 Å². The van der Waals surface area contributed by atoms with Crippen molar-refractivity contribution in [2.45, 2.75) is 31.1 Å². The largest absolute Gasteiger partial charge is 0.457 e. The number of carbonyl (C=O) groups excluding carboxylic acids is 2. The van der Waals surface area contributed by atoms with Crippen molar-refractivity contribution in [3.05, 3.63) is 90.8 Å². The molecule has 5 aromatic rings. The highest BCUT2D eigenvalue weighted by Crippen LogP contribution is 2.35. The predicted octanol–water partition coefficient (Wildman–Crippen LogP) is 6.47. The molecule has 3 N–H and O–H groups in total. The molecular weight excluding hydrogens is 646 g/mol. The Morgan fingerprint density at radius 2 is 1.67 bits per heavy atom. The van der Waals surface area contributed by atoms with Crippen molar-refractivity contribution in [1.82, 2.24) is 19.7 Å². The van der Waals surface area contributed by atoms with E-state index in [9.17, 15) is 18.0 Å². The van der Waals surface area contributed by atoms with Crippen molar-refractivity contribution in [3.63, 3.8) is 0 Å². The Bertz CT molecular complexity index is 2080. The van der Waals surface area contributed by atoms with Crippen molar-refractivity contribution in [2.24, 2.45) is 0 Å². The number of pyridine rings is 1. The Morgan fingerprint density at radius 3 is 2.41 bits per heavy atom. The number of unbranched alkanes of at least 4 members (excludes halogenated alkanes) is 1. The van der Waals surface area contributed by atoms with E-state index >= 15 is 0 Å². The van der Waals surface area contributed by atoms with Gasteiger partial charge in [-0.1, -0.05) is 37.6 Å². The van der Waals surface area contributed by atoms with Gasteiger partial charge in [-0.05, 0) is 55.3 Å². The number of nitrogens with zero attached hydrogens (tertiary/aromatic N) is 4. The Kier molecular flexibility index (Phi) is 10.1. The van der Waals surface area contributed by atoms with E-state index < -0.39 is 15.9 Å². The summed E-state index contributed by atoms with van der Waals surface area (Å²) < 4.78 is 37.1. The van der Waals surface area contributed by atoms with Crippen LogP contribution in [-0.2, 0) is 21.0 Å². The molecule has 3 heterocycles. The van der Waals surface area contributed by atoms with E-state index in [4.69, 9.17) is 14.6 Å². The highest BCUT2D eigenvalue weighted by atomic mass is 32.2. The quantitative estimate of drug-likeness (QED) is 0.151. The third-order valence-corrected chi connectivity index (χ3v) is 9.05. The number of sulfone groups is 1. The van der Waals surface area contributed by atoms with Crippen LogP contribution in [0, 0.1) is 0 Å². The first-order valence-corrected chi connectivity index (χ1v) is 17.8. The minimum Gasteiger partial charge on any atom is -0.457 e. The van der Waals surface area contributed by atoms with Gasteiger partial charge in [-0.15, -0.1) is 0 Å². The molecule has 1 aliphatic heterocycles.